The lowest BCUT2D eigenvalue weighted by atomic mass is 10.0. The summed E-state index contributed by atoms with van der Waals surface area (Å²) in [6.45, 7) is 0. The summed E-state index contributed by atoms with van der Waals surface area (Å²) >= 11 is 2.78. The van der Waals surface area contributed by atoms with Crippen LogP contribution in [-0.4, -0.2) is 0 Å². The topological polar surface area (TPSA) is 61.8 Å². The number of hydrogen-bond donors (Lipinski definition) is 2. The molecule has 3 rings (SSSR count). The van der Waals surface area contributed by atoms with Crippen LogP contribution in [0.4, 0.5) is 5.69 Å². The van der Waals surface area contributed by atoms with Crippen molar-refractivity contribution in [3.8, 4) is 17.2 Å². The Kier molecular flexibility index (Phi) is 5.44. The van der Waals surface area contributed by atoms with Crippen LogP contribution in [0.3, 0.4) is 0 Å². The molecule has 0 fully saturated rings. The molecule has 0 bridgehead atoms. The molecule has 24 heavy (non-hydrogen) atoms. The van der Waals surface area contributed by atoms with Gasteiger partial charge in [-0.25, -0.2) is 0 Å². The third-order valence-corrected chi connectivity index (χ3v) is 4.90. The second kappa shape index (κ2) is 7.93. The van der Waals surface area contributed by atoms with Crippen LogP contribution in [0.5, 0.6) is 0 Å². The molecule has 0 amide bonds. The summed E-state index contributed by atoms with van der Waals surface area (Å²) in [6, 6.07) is 26.0. The van der Waals surface area contributed by atoms with Gasteiger partial charge in [0.2, 0.25) is 0 Å². The van der Waals surface area contributed by atoms with Gasteiger partial charge in [-0.05, 0) is 71.4 Å². The molecule has 0 aliphatic carbocycles. The van der Waals surface area contributed by atoms with Crippen molar-refractivity contribution < 1.29 is 0 Å². The molecule has 0 saturated carbocycles. The van der Waals surface area contributed by atoms with Crippen LogP contribution in [0.2, 0.25) is 0 Å². The molecule has 0 unspecified atom stereocenters. The number of hydrogen-bond acceptors (Lipinski definition) is 5. The first kappa shape index (κ1) is 16.5. The van der Waals surface area contributed by atoms with Crippen LogP contribution in [0.1, 0.15) is 5.56 Å². The minimum atomic E-state index is 0.668. The summed E-state index contributed by atoms with van der Waals surface area (Å²) in [6.07, 6.45) is 0. The predicted molar refractivity (Wildman–Crippen MR) is 103 cm³/mol. The molecule has 0 aliphatic heterocycles. The molecule has 0 saturated heterocycles. The van der Waals surface area contributed by atoms with Crippen LogP contribution in [0.25, 0.3) is 11.1 Å². The Bertz CT molecular complexity index is 870. The monoisotopic (exact) mass is 349 g/mol. The van der Waals surface area contributed by atoms with Crippen LogP contribution >= 0.6 is 23.9 Å². The smallest absolute Gasteiger partial charge is 0.0991 e. The molecule has 3 aromatic carbocycles. The summed E-state index contributed by atoms with van der Waals surface area (Å²) in [5.41, 5.74) is 3.88. The molecule has 0 spiro atoms. The van der Waals surface area contributed by atoms with Crippen molar-refractivity contribution in [3.05, 3.63) is 78.4 Å². The maximum absolute atomic E-state index is 8.89. The third kappa shape index (κ3) is 3.92. The molecule has 118 valence electrons. The van der Waals surface area contributed by atoms with E-state index >= 15 is 0 Å². The maximum atomic E-state index is 8.89. The summed E-state index contributed by atoms with van der Waals surface area (Å²) < 4.78 is 3.35. The van der Waals surface area contributed by atoms with Gasteiger partial charge in [0.25, 0.3) is 0 Å². The number of rotatable bonds is 5. The molecule has 0 atom stereocenters. The second-order valence-electron chi connectivity index (χ2n) is 5.04. The predicted octanol–water partition coefficient (Wildman–Crippen LogP) is 5.31. The Morgan fingerprint density at radius 3 is 2.42 bits per heavy atom. The number of nitriles is 1. The lowest BCUT2D eigenvalue weighted by molar-refractivity contribution is 1.43. The van der Waals surface area contributed by atoms with Crippen molar-refractivity contribution in [2.45, 2.75) is 9.79 Å². The van der Waals surface area contributed by atoms with E-state index < -0.39 is 0 Å². The van der Waals surface area contributed by atoms with Gasteiger partial charge in [-0.1, -0.05) is 36.4 Å². The molecule has 5 heteroatoms. The molecule has 3 aromatic rings. The number of nitrogens with zero attached hydrogens (tertiary/aromatic N) is 1. The number of anilines is 1. The van der Waals surface area contributed by atoms with Crippen molar-refractivity contribution in [1.29, 1.82) is 5.26 Å². The van der Waals surface area contributed by atoms with Crippen molar-refractivity contribution in [1.82, 2.24) is 0 Å². The first-order chi connectivity index (χ1) is 11.8. The van der Waals surface area contributed by atoms with Gasteiger partial charge in [-0.3, -0.25) is 5.14 Å². The van der Waals surface area contributed by atoms with Gasteiger partial charge in [-0.2, -0.15) is 5.26 Å². The standard InChI is InChI=1S/C19H15N3S2/c20-13-14-8-10-15(11-9-14)16-4-3-5-17(12-16)24-22-18-6-1-2-7-19(18)23-21/h1-12,22H,21H2. The SMILES string of the molecule is N#Cc1ccc(-c2cccc(SNc3ccccc3SN)c2)cc1. The van der Waals surface area contributed by atoms with Gasteiger partial charge in [0.05, 0.1) is 17.3 Å². The minimum absolute atomic E-state index is 0.668. The third-order valence-electron chi connectivity index (χ3n) is 3.47. The lowest BCUT2D eigenvalue weighted by Crippen LogP contribution is -1.91. The second-order valence-corrected chi connectivity index (χ2v) is 6.59. The van der Waals surface area contributed by atoms with E-state index in [2.05, 4.69) is 29.0 Å². The number of para-hydroxylation sites is 1. The van der Waals surface area contributed by atoms with Crippen LogP contribution < -0.4 is 9.86 Å². The highest BCUT2D eigenvalue weighted by atomic mass is 32.2. The van der Waals surface area contributed by atoms with Crippen molar-refractivity contribution in [2.24, 2.45) is 5.14 Å². The summed E-state index contributed by atoms with van der Waals surface area (Å²) in [4.78, 5) is 2.11. The number of benzene rings is 3. The average molecular weight is 349 g/mol. The number of nitrogens with one attached hydrogen (secondary N) is 1. The van der Waals surface area contributed by atoms with E-state index in [1.54, 1.807) is 11.9 Å². The summed E-state index contributed by atoms with van der Waals surface area (Å²) in [5.74, 6) is 0. The highest BCUT2D eigenvalue weighted by Crippen LogP contribution is 2.30. The molecule has 0 heterocycles. The van der Waals surface area contributed by atoms with E-state index in [0.717, 1.165) is 26.6 Å². The zero-order valence-corrected chi connectivity index (χ0v) is 14.4. The Morgan fingerprint density at radius 1 is 0.875 bits per heavy atom. The number of nitrogens with two attached hydrogens (primary N) is 1. The molecule has 0 aromatic heterocycles. The van der Waals surface area contributed by atoms with Crippen molar-refractivity contribution in [3.63, 3.8) is 0 Å². The van der Waals surface area contributed by atoms with E-state index in [9.17, 15) is 0 Å². The fourth-order valence-corrected chi connectivity index (χ4v) is 3.45. The quantitative estimate of drug-likeness (QED) is 0.611. The van der Waals surface area contributed by atoms with E-state index in [1.165, 1.54) is 11.9 Å². The van der Waals surface area contributed by atoms with E-state index in [0.29, 0.717) is 5.56 Å². The van der Waals surface area contributed by atoms with Gasteiger partial charge >= 0.3 is 0 Å². The van der Waals surface area contributed by atoms with Gasteiger partial charge < -0.3 is 4.72 Å². The van der Waals surface area contributed by atoms with Gasteiger partial charge in [0.1, 0.15) is 0 Å². The Morgan fingerprint density at radius 2 is 1.67 bits per heavy atom. The first-order valence-corrected chi connectivity index (χ1v) is 8.99. The molecular formula is C19H15N3S2. The highest BCUT2D eigenvalue weighted by Gasteiger charge is 2.03. The zero-order chi connectivity index (χ0) is 16.8. The fourth-order valence-electron chi connectivity index (χ4n) is 2.24. The summed E-state index contributed by atoms with van der Waals surface area (Å²) in [7, 11) is 0. The normalized spacial score (nSPS) is 10.2. The Balaban J connectivity index is 1.76. The maximum Gasteiger partial charge on any atom is 0.0991 e. The minimum Gasteiger partial charge on any atom is -0.325 e. The lowest BCUT2D eigenvalue weighted by Gasteiger charge is -2.10. The van der Waals surface area contributed by atoms with E-state index in [4.69, 9.17) is 10.4 Å². The Labute approximate surface area is 150 Å². The van der Waals surface area contributed by atoms with Gasteiger partial charge in [-0.15, -0.1) is 0 Å². The fraction of sp³-hybridized carbons (Fsp3) is 0. The molecular weight excluding hydrogens is 334 g/mol. The highest BCUT2D eigenvalue weighted by molar-refractivity contribution is 8.00. The van der Waals surface area contributed by atoms with E-state index in [1.807, 2.05) is 54.6 Å². The average Bonchev–Trinajstić information content (AvgIpc) is 2.67. The van der Waals surface area contributed by atoms with Crippen molar-refractivity contribution in [2.75, 3.05) is 4.72 Å². The molecule has 0 aliphatic rings. The molecule has 0 radical (unpaired) electrons. The van der Waals surface area contributed by atoms with Crippen molar-refractivity contribution >= 4 is 29.6 Å². The van der Waals surface area contributed by atoms with Crippen LogP contribution in [0.15, 0.2) is 82.6 Å². The molecule has 3 N–H and O–H groups in total. The molecule has 3 nitrogen and oxygen atoms in total. The largest absolute Gasteiger partial charge is 0.325 e. The van der Waals surface area contributed by atoms with E-state index in [-0.39, 0.29) is 0 Å². The van der Waals surface area contributed by atoms with Crippen LogP contribution in [-0.2, 0) is 0 Å². The van der Waals surface area contributed by atoms with Gasteiger partial charge in [0.15, 0.2) is 0 Å². The Hall–Kier alpha value is -2.39. The van der Waals surface area contributed by atoms with Crippen LogP contribution in [0, 0.1) is 11.3 Å². The van der Waals surface area contributed by atoms with Gasteiger partial charge in [0, 0.05) is 9.79 Å². The summed E-state index contributed by atoms with van der Waals surface area (Å²) in [5, 5.41) is 14.6. The zero-order valence-electron chi connectivity index (χ0n) is 12.8. The first-order valence-electron chi connectivity index (χ1n) is 7.29.